The number of primary amides is 1. The third-order valence-corrected chi connectivity index (χ3v) is 3.88. The largest absolute Gasteiger partial charge is 0.371 e. The molecule has 1 aromatic carbocycles. The number of nitrogens with one attached hydrogen (secondary N) is 1. The van der Waals surface area contributed by atoms with Crippen LogP contribution in [0.15, 0.2) is 24.3 Å². The van der Waals surface area contributed by atoms with Crippen LogP contribution >= 0.6 is 22.6 Å². The van der Waals surface area contributed by atoms with Crippen LogP contribution in [0.2, 0.25) is 0 Å². The summed E-state index contributed by atoms with van der Waals surface area (Å²) in [5, 5.41) is 3.30. The Hall–Kier alpha value is -0.780. The van der Waals surface area contributed by atoms with Gasteiger partial charge in [0.15, 0.2) is 0 Å². The number of anilines is 1. The number of amides is 1. The fraction of sp³-hybridized carbons (Fsp3) is 0.417. The maximum atomic E-state index is 11.6. The summed E-state index contributed by atoms with van der Waals surface area (Å²) in [4.78, 5) is 11.6. The standard InChI is InChI=1S/C12H15IN2O/c13-9-3-5-10(6-4-9)15-12(11(14)16)7-1-2-8-12/h3-6,15H,1-2,7-8H2,(H2,14,16). The van der Waals surface area contributed by atoms with Gasteiger partial charge in [0.2, 0.25) is 5.91 Å². The molecule has 1 saturated carbocycles. The highest BCUT2D eigenvalue weighted by molar-refractivity contribution is 14.1. The predicted molar refractivity (Wildman–Crippen MR) is 73.2 cm³/mol. The molecule has 1 aliphatic carbocycles. The fourth-order valence-electron chi connectivity index (χ4n) is 2.22. The second-order valence-corrected chi connectivity index (χ2v) is 5.53. The van der Waals surface area contributed by atoms with Crippen molar-refractivity contribution in [1.82, 2.24) is 0 Å². The normalized spacial score (nSPS) is 18.3. The van der Waals surface area contributed by atoms with Crippen LogP contribution in [0.4, 0.5) is 5.69 Å². The first kappa shape index (κ1) is 11.7. The Kier molecular flexibility index (Phi) is 3.37. The van der Waals surface area contributed by atoms with Gasteiger partial charge in [0.25, 0.3) is 0 Å². The van der Waals surface area contributed by atoms with Crippen molar-refractivity contribution in [2.45, 2.75) is 31.2 Å². The summed E-state index contributed by atoms with van der Waals surface area (Å²) in [6.45, 7) is 0. The number of nitrogens with two attached hydrogens (primary N) is 1. The van der Waals surface area contributed by atoms with E-state index in [1.54, 1.807) is 0 Å². The molecule has 0 spiro atoms. The molecule has 1 fully saturated rings. The molecule has 2 rings (SSSR count). The van der Waals surface area contributed by atoms with Gasteiger partial charge in [-0.15, -0.1) is 0 Å². The van der Waals surface area contributed by atoms with E-state index in [9.17, 15) is 4.79 Å². The Balaban J connectivity index is 2.18. The second kappa shape index (κ2) is 4.61. The monoisotopic (exact) mass is 330 g/mol. The smallest absolute Gasteiger partial charge is 0.243 e. The van der Waals surface area contributed by atoms with E-state index in [2.05, 4.69) is 27.9 Å². The molecule has 16 heavy (non-hydrogen) atoms. The highest BCUT2D eigenvalue weighted by Crippen LogP contribution is 2.33. The van der Waals surface area contributed by atoms with Gasteiger partial charge in [0.1, 0.15) is 5.54 Å². The lowest BCUT2D eigenvalue weighted by molar-refractivity contribution is -0.122. The van der Waals surface area contributed by atoms with Gasteiger partial charge in [0, 0.05) is 9.26 Å². The van der Waals surface area contributed by atoms with Gasteiger partial charge >= 0.3 is 0 Å². The summed E-state index contributed by atoms with van der Waals surface area (Å²) in [5.41, 5.74) is 5.96. The Morgan fingerprint density at radius 2 is 1.81 bits per heavy atom. The minimum Gasteiger partial charge on any atom is -0.371 e. The van der Waals surface area contributed by atoms with E-state index in [1.807, 2.05) is 24.3 Å². The highest BCUT2D eigenvalue weighted by Gasteiger charge is 2.39. The summed E-state index contributed by atoms with van der Waals surface area (Å²) in [6.07, 6.45) is 3.82. The summed E-state index contributed by atoms with van der Waals surface area (Å²) in [5.74, 6) is -0.233. The number of hydrogen-bond donors (Lipinski definition) is 2. The summed E-state index contributed by atoms with van der Waals surface area (Å²) >= 11 is 2.26. The molecule has 1 aliphatic rings. The van der Waals surface area contributed by atoms with Crippen LogP contribution in [-0.4, -0.2) is 11.4 Å². The van der Waals surface area contributed by atoms with Gasteiger partial charge < -0.3 is 11.1 Å². The van der Waals surface area contributed by atoms with E-state index in [4.69, 9.17) is 5.73 Å². The SMILES string of the molecule is NC(=O)C1(Nc2ccc(I)cc2)CCCC1. The molecule has 0 aliphatic heterocycles. The molecule has 0 radical (unpaired) electrons. The molecule has 0 aromatic heterocycles. The van der Waals surface area contributed by atoms with Gasteiger partial charge in [0.05, 0.1) is 0 Å². The summed E-state index contributed by atoms with van der Waals surface area (Å²) < 4.78 is 1.18. The number of hydrogen-bond acceptors (Lipinski definition) is 2. The van der Waals surface area contributed by atoms with Crippen molar-refractivity contribution >= 4 is 34.2 Å². The molecule has 1 amide bonds. The van der Waals surface area contributed by atoms with E-state index in [0.29, 0.717) is 0 Å². The fourth-order valence-corrected chi connectivity index (χ4v) is 2.58. The number of benzene rings is 1. The molecule has 1 aromatic rings. The predicted octanol–water partition coefficient (Wildman–Crippen LogP) is 2.50. The van der Waals surface area contributed by atoms with E-state index >= 15 is 0 Å². The Morgan fingerprint density at radius 1 is 1.25 bits per heavy atom. The van der Waals surface area contributed by atoms with Gasteiger partial charge in [-0.2, -0.15) is 0 Å². The molecular weight excluding hydrogens is 315 g/mol. The minimum atomic E-state index is -0.521. The van der Waals surface area contributed by atoms with Crippen LogP contribution in [0.3, 0.4) is 0 Å². The highest BCUT2D eigenvalue weighted by atomic mass is 127. The van der Waals surface area contributed by atoms with Crippen molar-refractivity contribution in [1.29, 1.82) is 0 Å². The third kappa shape index (κ3) is 2.31. The van der Waals surface area contributed by atoms with E-state index < -0.39 is 5.54 Å². The van der Waals surface area contributed by atoms with Crippen molar-refractivity contribution in [3.63, 3.8) is 0 Å². The number of carbonyl (C=O) groups excluding carboxylic acids is 1. The van der Waals surface area contributed by atoms with E-state index in [0.717, 1.165) is 31.4 Å². The maximum Gasteiger partial charge on any atom is 0.243 e. The van der Waals surface area contributed by atoms with Crippen LogP contribution in [-0.2, 0) is 4.79 Å². The van der Waals surface area contributed by atoms with Gasteiger partial charge in [-0.1, -0.05) is 12.8 Å². The van der Waals surface area contributed by atoms with Gasteiger partial charge in [-0.3, -0.25) is 4.79 Å². The topological polar surface area (TPSA) is 55.1 Å². The van der Waals surface area contributed by atoms with E-state index in [1.165, 1.54) is 3.57 Å². The first-order chi connectivity index (χ1) is 7.62. The zero-order valence-electron chi connectivity index (χ0n) is 9.00. The lowest BCUT2D eigenvalue weighted by atomic mass is 9.96. The molecule has 0 unspecified atom stereocenters. The van der Waals surface area contributed by atoms with Crippen molar-refractivity contribution in [2.24, 2.45) is 5.73 Å². The average Bonchev–Trinajstić information content (AvgIpc) is 2.71. The van der Waals surface area contributed by atoms with Gasteiger partial charge in [-0.05, 0) is 59.7 Å². The zero-order valence-corrected chi connectivity index (χ0v) is 11.2. The minimum absolute atomic E-state index is 0.233. The van der Waals surface area contributed by atoms with Crippen LogP contribution < -0.4 is 11.1 Å². The lowest BCUT2D eigenvalue weighted by Gasteiger charge is -2.27. The summed E-state index contributed by atoms with van der Waals surface area (Å²) in [7, 11) is 0. The molecule has 4 heteroatoms. The quantitative estimate of drug-likeness (QED) is 0.837. The number of rotatable bonds is 3. The molecule has 0 heterocycles. The van der Waals surface area contributed by atoms with E-state index in [-0.39, 0.29) is 5.91 Å². The van der Waals surface area contributed by atoms with Crippen molar-refractivity contribution in [3.8, 4) is 0 Å². The van der Waals surface area contributed by atoms with Crippen molar-refractivity contribution < 1.29 is 4.79 Å². The second-order valence-electron chi connectivity index (χ2n) is 4.29. The molecule has 0 bridgehead atoms. The number of halogens is 1. The molecule has 3 nitrogen and oxygen atoms in total. The Labute approximate surface area is 109 Å². The average molecular weight is 330 g/mol. The molecule has 0 atom stereocenters. The summed E-state index contributed by atoms with van der Waals surface area (Å²) in [6, 6.07) is 8.02. The number of carbonyl (C=O) groups is 1. The van der Waals surface area contributed by atoms with Crippen molar-refractivity contribution in [2.75, 3.05) is 5.32 Å². The van der Waals surface area contributed by atoms with Crippen LogP contribution in [0, 0.1) is 3.57 Å². The molecule has 86 valence electrons. The molecular formula is C12H15IN2O. The Morgan fingerprint density at radius 3 is 2.31 bits per heavy atom. The van der Waals surface area contributed by atoms with Crippen LogP contribution in [0.1, 0.15) is 25.7 Å². The maximum absolute atomic E-state index is 11.6. The van der Waals surface area contributed by atoms with Gasteiger partial charge in [-0.25, -0.2) is 0 Å². The van der Waals surface area contributed by atoms with Crippen molar-refractivity contribution in [3.05, 3.63) is 27.8 Å². The first-order valence-electron chi connectivity index (χ1n) is 5.46. The third-order valence-electron chi connectivity index (χ3n) is 3.16. The molecule has 3 N–H and O–H groups in total. The lowest BCUT2D eigenvalue weighted by Crippen LogP contribution is -2.48. The zero-order chi connectivity index (χ0) is 11.6. The molecule has 0 saturated heterocycles. The first-order valence-corrected chi connectivity index (χ1v) is 6.54. The van der Waals surface area contributed by atoms with Crippen LogP contribution in [0.25, 0.3) is 0 Å². The van der Waals surface area contributed by atoms with Crippen LogP contribution in [0.5, 0.6) is 0 Å². The Bertz CT molecular complexity index is 383.